The molecule has 0 saturated carbocycles. The fraction of sp³-hybridized carbons (Fsp3) is 0.545. The Kier molecular flexibility index (Phi) is 5.77. The van der Waals surface area contributed by atoms with Crippen LogP contribution in [0.25, 0.3) is 0 Å². The van der Waals surface area contributed by atoms with Crippen LogP contribution >= 0.6 is 0 Å². The lowest BCUT2D eigenvalue weighted by Crippen LogP contribution is -2.33. The zero-order valence-electron chi connectivity index (χ0n) is 9.43. The third-order valence-corrected chi connectivity index (χ3v) is 2.17. The quantitative estimate of drug-likeness (QED) is 0.612. The van der Waals surface area contributed by atoms with Gasteiger partial charge in [0.25, 0.3) is 5.56 Å². The summed E-state index contributed by atoms with van der Waals surface area (Å²) < 4.78 is 6.41. The minimum Gasteiger partial charge on any atom is -0.389 e. The van der Waals surface area contributed by atoms with Crippen molar-refractivity contribution >= 4 is 0 Å². The molecule has 90 valence electrons. The molecule has 0 fully saturated rings. The maximum Gasteiger partial charge on any atom is 0.250 e. The first-order chi connectivity index (χ1) is 7.74. The number of nitrogens with zero attached hydrogens (tertiary/aromatic N) is 1. The maximum atomic E-state index is 11.3. The van der Waals surface area contributed by atoms with E-state index < -0.39 is 6.10 Å². The molecule has 0 saturated heterocycles. The summed E-state index contributed by atoms with van der Waals surface area (Å²) >= 11 is 0. The van der Waals surface area contributed by atoms with Gasteiger partial charge in [-0.1, -0.05) is 6.07 Å². The molecule has 5 heteroatoms. The first-order valence-electron chi connectivity index (χ1n) is 5.27. The second-order valence-electron chi connectivity index (χ2n) is 3.55. The minimum atomic E-state index is -0.502. The lowest BCUT2D eigenvalue weighted by atomic mass is 10.4. The molecule has 1 heterocycles. The molecule has 0 aliphatic heterocycles. The van der Waals surface area contributed by atoms with Crippen LogP contribution in [0.1, 0.15) is 0 Å². The predicted molar refractivity (Wildman–Crippen MR) is 61.5 cm³/mol. The van der Waals surface area contributed by atoms with E-state index in [1.807, 2.05) is 6.07 Å². The van der Waals surface area contributed by atoms with Crippen molar-refractivity contribution in [3.8, 4) is 0 Å². The number of ether oxygens (including phenoxy) is 1. The van der Waals surface area contributed by atoms with Gasteiger partial charge in [0, 0.05) is 39.0 Å². The van der Waals surface area contributed by atoms with Gasteiger partial charge in [0.1, 0.15) is 0 Å². The number of nitrogens with one attached hydrogen (secondary N) is 1. The molecule has 0 aliphatic carbocycles. The van der Waals surface area contributed by atoms with E-state index in [4.69, 9.17) is 4.74 Å². The molecule has 0 amide bonds. The Hall–Kier alpha value is -1.17. The van der Waals surface area contributed by atoms with E-state index >= 15 is 0 Å². The van der Waals surface area contributed by atoms with Crippen molar-refractivity contribution in [2.24, 2.45) is 0 Å². The highest BCUT2D eigenvalue weighted by molar-refractivity contribution is 4.93. The van der Waals surface area contributed by atoms with Gasteiger partial charge in [-0.2, -0.15) is 0 Å². The van der Waals surface area contributed by atoms with Crippen LogP contribution in [0.4, 0.5) is 0 Å². The zero-order valence-corrected chi connectivity index (χ0v) is 9.43. The second-order valence-corrected chi connectivity index (χ2v) is 3.55. The minimum absolute atomic E-state index is 0.0123. The van der Waals surface area contributed by atoms with Crippen molar-refractivity contribution in [3.63, 3.8) is 0 Å². The van der Waals surface area contributed by atoms with Crippen LogP contribution in [0.5, 0.6) is 0 Å². The number of hydrogen-bond acceptors (Lipinski definition) is 4. The summed E-state index contributed by atoms with van der Waals surface area (Å²) in [7, 11) is 1.55. The van der Waals surface area contributed by atoms with Gasteiger partial charge in [0.2, 0.25) is 0 Å². The van der Waals surface area contributed by atoms with Gasteiger partial charge in [-0.25, -0.2) is 0 Å². The Labute approximate surface area is 94.7 Å². The van der Waals surface area contributed by atoms with E-state index in [1.54, 1.807) is 23.9 Å². The van der Waals surface area contributed by atoms with E-state index in [0.29, 0.717) is 26.2 Å². The molecule has 0 spiro atoms. The van der Waals surface area contributed by atoms with Gasteiger partial charge < -0.3 is 19.7 Å². The number of hydrogen-bond donors (Lipinski definition) is 2. The molecular weight excluding hydrogens is 208 g/mol. The molecule has 1 unspecified atom stereocenters. The Morgan fingerprint density at radius 3 is 3.06 bits per heavy atom. The highest BCUT2D eigenvalue weighted by Crippen LogP contribution is 1.83. The van der Waals surface area contributed by atoms with E-state index in [9.17, 15) is 9.90 Å². The van der Waals surface area contributed by atoms with Gasteiger partial charge in [-0.05, 0) is 6.07 Å². The number of methoxy groups -OCH3 is 1. The van der Waals surface area contributed by atoms with Gasteiger partial charge in [0.05, 0.1) is 12.7 Å². The summed E-state index contributed by atoms with van der Waals surface area (Å²) in [6, 6.07) is 5.07. The lowest BCUT2D eigenvalue weighted by Gasteiger charge is -2.11. The second kappa shape index (κ2) is 7.16. The third kappa shape index (κ3) is 4.57. The maximum absolute atomic E-state index is 11.3. The Bertz CT molecular complexity index is 351. The van der Waals surface area contributed by atoms with Gasteiger partial charge in [-0.3, -0.25) is 4.79 Å². The monoisotopic (exact) mass is 226 g/mol. The largest absolute Gasteiger partial charge is 0.389 e. The Morgan fingerprint density at radius 1 is 1.56 bits per heavy atom. The average molecular weight is 226 g/mol. The molecular formula is C11H18N2O3. The zero-order chi connectivity index (χ0) is 11.8. The predicted octanol–water partition coefficient (Wildman–Crippen LogP) is -0.555. The molecule has 0 radical (unpaired) electrons. The summed E-state index contributed by atoms with van der Waals surface area (Å²) in [5.41, 5.74) is -0.0123. The average Bonchev–Trinajstić information content (AvgIpc) is 2.27. The van der Waals surface area contributed by atoms with E-state index in [2.05, 4.69) is 5.32 Å². The molecule has 1 aromatic rings. The number of aromatic nitrogens is 1. The van der Waals surface area contributed by atoms with Crippen LogP contribution in [0.3, 0.4) is 0 Å². The molecule has 2 N–H and O–H groups in total. The van der Waals surface area contributed by atoms with Crippen molar-refractivity contribution < 1.29 is 9.84 Å². The Morgan fingerprint density at radius 2 is 2.38 bits per heavy atom. The summed E-state index contributed by atoms with van der Waals surface area (Å²) in [6.07, 6.45) is 1.24. The van der Waals surface area contributed by atoms with Crippen molar-refractivity contribution in [3.05, 3.63) is 34.7 Å². The third-order valence-electron chi connectivity index (χ3n) is 2.17. The molecule has 1 aromatic heterocycles. The van der Waals surface area contributed by atoms with Gasteiger partial charge in [0.15, 0.2) is 0 Å². The number of pyridine rings is 1. The lowest BCUT2D eigenvalue weighted by molar-refractivity contribution is 0.0646. The highest BCUT2D eigenvalue weighted by atomic mass is 16.5. The summed E-state index contributed by atoms with van der Waals surface area (Å²) in [5.74, 6) is 0. The van der Waals surface area contributed by atoms with Crippen molar-refractivity contribution in [1.29, 1.82) is 0 Å². The van der Waals surface area contributed by atoms with Crippen molar-refractivity contribution in [1.82, 2.24) is 9.88 Å². The van der Waals surface area contributed by atoms with Crippen LogP contribution in [-0.4, -0.2) is 42.6 Å². The number of aliphatic hydroxyl groups is 1. The van der Waals surface area contributed by atoms with E-state index in [1.165, 1.54) is 6.07 Å². The smallest absolute Gasteiger partial charge is 0.250 e. The van der Waals surface area contributed by atoms with E-state index in [0.717, 1.165) is 0 Å². The van der Waals surface area contributed by atoms with Crippen LogP contribution in [0.15, 0.2) is 29.2 Å². The first kappa shape index (κ1) is 12.9. The van der Waals surface area contributed by atoms with Gasteiger partial charge >= 0.3 is 0 Å². The van der Waals surface area contributed by atoms with Crippen LogP contribution in [0, 0.1) is 0 Å². The summed E-state index contributed by atoms with van der Waals surface area (Å²) in [5, 5.41) is 12.4. The van der Waals surface area contributed by atoms with Crippen LogP contribution in [-0.2, 0) is 11.3 Å². The standard InChI is InChI=1S/C11H18N2O3/c1-16-9-10(14)8-12-5-7-13-6-3-2-4-11(13)15/h2-4,6,10,12,14H,5,7-9H2,1H3. The normalized spacial score (nSPS) is 12.6. The van der Waals surface area contributed by atoms with E-state index in [-0.39, 0.29) is 5.56 Å². The van der Waals surface area contributed by atoms with Crippen molar-refractivity contribution in [2.75, 3.05) is 26.8 Å². The summed E-state index contributed by atoms with van der Waals surface area (Å²) in [4.78, 5) is 11.3. The SMILES string of the molecule is COCC(O)CNCCn1ccccc1=O. The molecule has 0 aromatic carbocycles. The van der Waals surface area contributed by atoms with Crippen LogP contribution < -0.4 is 10.9 Å². The fourth-order valence-corrected chi connectivity index (χ4v) is 1.36. The fourth-order valence-electron chi connectivity index (χ4n) is 1.36. The molecule has 0 bridgehead atoms. The summed E-state index contributed by atoms with van der Waals surface area (Å²) in [6.45, 7) is 2.03. The number of aliphatic hydroxyl groups excluding tert-OH is 1. The highest BCUT2D eigenvalue weighted by Gasteiger charge is 2.01. The molecule has 1 atom stereocenters. The number of rotatable bonds is 7. The van der Waals surface area contributed by atoms with Crippen LogP contribution in [0.2, 0.25) is 0 Å². The first-order valence-corrected chi connectivity index (χ1v) is 5.27. The van der Waals surface area contributed by atoms with Gasteiger partial charge in [-0.15, -0.1) is 0 Å². The Balaban J connectivity index is 2.21. The topological polar surface area (TPSA) is 63.5 Å². The molecule has 16 heavy (non-hydrogen) atoms. The molecule has 1 rings (SSSR count). The molecule has 5 nitrogen and oxygen atoms in total. The molecule has 0 aliphatic rings. The van der Waals surface area contributed by atoms with Crippen molar-refractivity contribution in [2.45, 2.75) is 12.6 Å².